The minimum atomic E-state index is 0.238. The lowest BCUT2D eigenvalue weighted by atomic mass is 9.88. The minimum absolute atomic E-state index is 0.238. The summed E-state index contributed by atoms with van der Waals surface area (Å²) in [7, 11) is 0. The number of fused-ring (bicyclic) bond motifs is 2. The zero-order chi connectivity index (χ0) is 9.54. The van der Waals surface area contributed by atoms with Crippen molar-refractivity contribution < 1.29 is 4.79 Å². The molecule has 0 radical (unpaired) electrons. The summed E-state index contributed by atoms with van der Waals surface area (Å²) in [6, 6.07) is 10.9. The fourth-order valence-electron chi connectivity index (χ4n) is 2.82. The van der Waals surface area contributed by atoms with Gasteiger partial charge >= 0.3 is 0 Å². The van der Waals surface area contributed by atoms with Crippen LogP contribution in [-0.2, 0) is 4.79 Å². The second-order valence-electron chi connectivity index (χ2n) is 4.30. The van der Waals surface area contributed by atoms with Crippen molar-refractivity contribution in [3.63, 3.8) is 0 Å². The van der Waals surface area contributed by atoms with Gasteiger partial charge in [-0.25, -0.2) is 0 Å². The van der Waals surface area contributed by atoms with E-state index >= 15 is 0 Å². The van der Waals surface area contributed by atoms with Gasteiger partial charge in [-0.1, -0.05) is 30.3 Å². The molecule has 1 amide bonds. The van der Waals surface area contributed by atoms with Crippen molar-refractivity contribution in [2.45, 2.75) is 24.8 Å². The highest BCUT2D eigenvalue weighted by molar-refractivity contribution is 5.83. The molecule has 1 saturated carbocycles. The van der Waals surface area contributed by atoms with Gasteiger partial charge in [0.1, 0.15) is 0 Å². The lowest BCUT2D eigenvalue weighted by Crippen LogP contribution is -2.34. The molecule has 2 aliphatic rings. The number of piperidine rings is 1. The number of amides is 1. The topological polar surface area (TPSA) is 29.1 Å². The molecular weight excluding hydrogens is 174 g/mol. The van der Waals surface area contributed by atoms with Crippen LogP contribution in [-0.4, -0.2) is 11.9 Å². The highest BCUT2D eigenvalue weighted by Gasteiger charge is 2.45. The van der Waals surface area contributed by atoms with Gasteiger partial charge in [-0.2, -0.15) is 0 Å². The maximum absolute atomic E-state index is 11.5. The van der Waals surface area contributed by atoms with Crippen molar-refractivity contribution >= 4 is 5.91 Å². The lowest BCUT2D eigenvalue weighted by Gasteiger charge is -2.21. The lowest BCUT2D eigenvalue weighted by molar-refractivity contribution is -0.124. The first-order valence-corrected chi connectivity index (χ1v) is 5.20. The van der Waals surface area contributed by atoms with Gasteiger partial charge in [0.25, 0.3) is 0 Å². The van der Waals surface area contributed by atoms with Crippen molar-refractivity contribution in [2.75, 3.05) is 0 Å². The molecule has 0 aromatic heterocycles. The van der Waals surface area contributed by atoms with E-state index in [9.17, 15) is 4.79 Å². The van der Waals surface area contributed by atoms with E-state index < -0.39 is 0 Å². The normalized spacial score (nSPS) is 34.6. The Hall–Kier alpha value is -1.31. The predicted molar refractivity (Wildman–Crippen MR) is 53.8 cm³/mol. The van der Waals surface area contributed by atoms with E-state index in [0.717, 1.165) is 12.8 Å². The average Bonchev–Trinajstić information content (AvgIpc) is 2.77. The van der Waals surface area contributed by atoms with E-state index in [-0.39, 0.29) is 11.8 Å². The van der Waals surface area contributed by atoms with Crippen LogP contribution in [0.25, 0.3) is 0 Å². The molecule has 1 aliphatic carbocycles. The molecule has 2 fully saturated rings. The quantitative estimate of drug-likeness (QED) is 0.712. The van der Waals surface area contributed by atoms with Gasteiger partial charge in [-0.05, 0) is 24.3 Å². The fourth-order valence-corrected chi connectivity index (χ4v) is 2.82. The van der Waals surface area contributed by atoms with Crippen LogP contribution in [0.1, 0.15) is 24.3 Å². The fraction of sp³-hybridized carbons (Fsp3) is 0.417. The second kappa shape index (κ2) is 2.84. The van der Waals surface area contributed by atoms with Gasteiger partial charge in [-0.15, -0.1) is 0 Å². The van der Waals surface area contributed by atoms with Gasteiger partial charge in [0.05, 0.1) is 0 Å². The Morgan fingerprint density at radius 3 is 2.43 bits per heavy atom. The Bertz CT molecular complexity index is 360. The van der Waals surface area contributed by atoms with E-state index in [1.165, 1.54) is 5.56 Å². The number of carbonyl (C=O) groups is 1. The van der Waals surface area contributed by atoms with Gasteiger partial charge < -0.3 is 5.32 Å². The smallest absolute Gasteiger partial charge is 0.224 e. The molecule has 3 unspecified atom stereocenters. The van der Waals surface area contributed by atoms with Crippen molar-refractivity contribution in [2.24, 2.45) is 5.92 Å². The number of hydrogen-bond donors (Lipinski definition) is 1. The molecule has 1 heterocycles. The van der Waals surface area contributed by atoms with E-state index in [0.29, 0.717) is 12.0 Å². The van der Waals surface area contributed by atoms with Gasteiger partial charge in [0.2, 0.25) is 5.91 Å². The highest BCUT2D eigenvalue weighted by Crippen LogP contribution is 2.43. The Kier molecular flexibility index (Phi) is 1.63. The van der Waals surface area contributed by atoms with Crippen LogP contribution < -0.4 is 5.32 Å². The summed E-state index contributed by atoms with van der Waals surface area (Å²) in [4.78, 5) is 11.5. The molecule has 0 spiro atoms. The van der Waals surface area contributed by atoms with Crippen LogP contribution in [0.4, 0.5) is 0 Å². The van der Waals surface area contributed by atoms with Crippen LogP contribution in [0.15, 0.2) is 30.3 Å². The summed E-state index contributed by atoms with van der Waals surface area (Å²) < 4.78 is 0. The third-order valence-electron chi connectivity index (χ3n) is 3.47. The molecule has 1 N–H and O–H groups in total. The summed E-state index contributed by atoms with van der Waals surface area (Å²) in [6.07, 6.45) is 2.17. The number of rotatable bonds is 1. The number of benzene rings is 1. The Balaban J connectivity index is 1.92. The Morgan fingerprint density at radius 2 is 1.79 bits per heavy atom. The number of carbonyl (C=O) groups excluding carboxylic acids is 1. The molecule has 14 heavy (non-hydrogen) atoms. The summed E-state index contributed by atoms with van der Waals surface area (Å²) in [5.74, 6) is 0.965. The highest BCUT2D eigenvalue weighted by atomic mass is 16.2. The van der Waals surface area contributed by atoms with Crippen LogP contribution in [0.5, 0.6) is 0 Å². The Morgan fingerprint density at radius 1 is 1.07 bits per heavy atom. The molecule has 2 nitrogen and oxygen atoms in total. The molecule has 2 heteroatoms. The van der Waals surface area contributed by atoms with Crippen molar-refractivity contribution in [3.05, 3.63) is 35.9 Å². The maximum atomic E-state index is 11.5. The van der Waals surface area contributed by atoms with Crippen molar-refractivity contribution in [3.8, 4) is 0 Å². The molecule has 3 atom stereocenters. The first kappa shape index (κ1) is 8.04. The SMILES string of the molecule is O=C1NC2CC1C(c1ccccc1)C2. The molecule has 72 valence electrons. The van der Waals surface area contributed by atoms with Crippen LogP contribution in [0.3, 0.4) is 0 Å². The van der Waals surface area contributed by atoms with Gasteiger partial charge in [-0.3, -0.25) is 4.79 Å². The van der Waals surface area contributed by atoms with Crippen LogP contribution in [0, 0.1) is 5.92 Å². The summed E-state index contributed by atoms with van der Waals surface area (Å²) in [5.41, 5.74) is 1.33. The van der Waals surface area contributed by atoms with E-state index in [4.69, 9.17) is 0 Å². The van der Waals surface area contributed by atoms with E-state index in [1.54, 1.807) is 0 Å². The first-order chi connectivity index (χ1) is 6.84. The first-order valence-electron chi connectivity index (χ1n) is 5.20. The molecule has 1 aromatic carbocycles. The molecule has 3 rings (SSSR count). The van der Waals surface area contributed by atoms with Gasteiger partial charge in [0.15, 0.2) is 0 Å². The minimum Gasteiger partial charge on any atom is -0.353 e. The zero-order valence-corrected chi connectivity index (χ0v) is 7.94. The molecule has 1 saturated heterocycles. The summed E-state index contributed by atoms with van der Waals surface area (Å²) in [6.45, 7) is 0. The molecule has 2 bridgehead atoms. The number of hydrogen-bond acceptors (Lipinski definition) is 1. The maximum Gasteiger partial charge on any atom is 0.224 e. The molecule has 1 aromatic rings. The van der Waals surface area contributed by atoms with Crippen molar-refractivity contribution in [1.29, 1.82) is 0 Å². The standard InChI is InChI=1S/C12H13NO/c14-12-11-7-9(13-12)6-10(11)8-4-2-1-3-5-8/h1-5,9-11H,6-7H2,(H,13,14). The zero-order valence-electron chi connectivity index (χ0n) is 7.94. The largest absolute Gasteiger partial charge is 0.353 e. The van der Waals surface area contributed by atoms with E-state index in [1.807, 2.05) is 6.07 Å². The second-order valence-corrected chi connectivity index (χ2v) is 4.30. The average molecular weight is 187 g/mol. The monoisotopic (exact) mass is 187 g/mol. The van der Waals surface area contributed by atoms with Crippen LogP contribution >= 0.6 is 0 Å². The third kappa shape index (κ3) is 1.07. The Labute approximate surface area is 83.3 Å². The molecular formula is C12H13NO. The van der Waals surface area contributed by atoms with Crippen molar-refractivity contribution in [1.82, 2.24) is 5.32 Å². The van der Waals surface area contributed by atoms with Gasteiger partial charge in [0, 0.05) is 12.0 Å². The third-order valence-corrected chi connectivity index (χ3v) is 3.47. The van der Waals surface area contributed by atoms with Crippen LogP contribution in [0.2, 0.25) is 0 Å². The molecule has 1 aliphatic heterocycles. The summed E-state index contributed by atoms with van der Waals surface area (Å²) in [5, 5.41) is 3.01. The predicted octanol–water partition coefficient (Wildman–Crippen LogP) is 1.68. The summed E-state index contributed by atoms with van der Waals surface area (Å²) >= 11 is 0. The van der Waals surface area contributed by atoms with E-state index in [2.05, 4.69) is 29.6 Å². The number of nitrogens with one attached hydrogen (secondary N) is 1.